The maximum atomic E-state index is 10.6. The summed E-state index contributed by atoms with van der Waals surface area (Å²) in [5, 5.41) is 0. The Kier molecular flexibility index (Phi) is 6.04. The van der Waals surface area contributed by atoms with Crippen molar-refractivity contribution < 1.29 is 14.3 Å². The SMILES string of the molecule is COc1ccc(COCC/C=C/C(C)=O)cc1. The molecule has 0 fully saturated rings. The van der Waals surface area contributed by atoms with Gasteiger partial charge in [0.05, 0.1) is 20.3 Å². The number of carbonyl (C=O) groups excluding carboxylic acids is 1. The smallest absolute Gasteiger partial charge is 0.152 e. The van der Waals surface area contributed by atoms with E-state index < -0.39 is 0 Å². The van der Waals surface area contributed by atoms with Crippen molar-refractivity contribution in [2.45, 2.75) is 20.0 Å². The van der Waals surface area contributed by atoms with Crippen LogP contribution in [0.3, 0.4) is 0 Å². The van der Waals surface area contributed by atoms with Crippen LogP contribution in [0.2, 0.25) is 0 Å². The number of hydrogen-bond acceptors (Lipinski definition) is 3. The second-order valence-corrected chi connectivity index (χ2v) is 3.70. The first kappa shape index (κ1) is 13.5. The standard InChI is InChI=1S/C14H18O3/c1-12(15)5-3-4-10-17-11-13-6-8-14(16-2)9-7-13/h3,5-9H,4,10-11H2,1-2H3/b5-3+. The lowest BCUT2D eigenvalue weighted by atomic mass is 10.2. The van der Waals surface area contributed by atoms with Gasteiger partial charge in [0.25, 0.3) is 0 Å². The molecule has 0 radical (unpaired) electrons. The van der Waals surface area contributed by atoms with Crippen LogP contribution in [0, 0.1) is 0 Å². The Hall–Kier alpha value is -1.61. The number of allylic oxidation sites excluding steroid dienone is 1. The molecule has 0 heterocycles. The van der Waals surface area contributed by atoms with E-state index in [2.05, 4.69) is 0 Å². The Morgan fingerprint density at radius 1 is 1.29 bits per heavy atom. The molecule has 1 rings (SSSR count). The molecule has 0 aliphatic rings. The van der Waals surface area contributed by atoms with E-state index in [1.54, 1.807) is 13.2 Å². The van der Waals surface area contributed by atoms with Crippen LogP contribution >= 0.6 is 0 Å². The molecule has 3 heteroatoms. The van der Waals surface area contributed by atoms with Crippen LogP contribution in [-0.2, 0) is 16.1 Å². The van der Waals surface area contributed by atoms with Crippen LogP contribution < -0.4 is 4.74 Å². The van der Waals surface area contributed by atoms with Gasteiger partial charge in [-0.05, 0) is 37.1 Å². The first-order valence-corrected chi connectivity index (χ1v) is 5.60. The topological polar surface area (TPSA) is 35.5 Å². The molecule has 0 N–H and O–H groups in total. The molecule has 0 spiro atoms. The van der Waals surface area contributed by atoms with Crippen molar-refractivity contribution in [1.29, 1.82) is 0 Å². The fourth-order valence-corrected chi connectivity index (χ4v) is 1.31. The van der Waals surface area contributed by atoms with E-state index in [1.165, 1.54) is 6.92 Å². The molecular formula is C14H18O3. The second kappa shape index (κ2) is 7.63. The van der Waals surface area contributed by atoms with Gasteiger partial charge in [0.15, 0.2) is 5.78 Å². The molecule has 0 unspecified atom stereocenters. The molecule has 92 valence electrons. The number of carbonyl (C=O) groups is 1. The van der Waals surface area contributed by atoms with Crippen LogP contribution in [0.4, 0.5) is 0 Å². The predicted octanol–water partition coefficient (Wildman–Crippen LogP) is 2.75. The Morgan fingerprint density at radius 3 is 2.59 bits per heavy atom. The van der Waals surface area contributed by atoms with Gasteiger partial charge >= 0.3 is 0 Å². The molecular weight excluding hydrogens is 216 g/mol. The summed E-state index contributed by atoms with van der Waals surface area (Å²) >= 11 is 0. The highest BCUT2D eigenvalue weighted by Gasteiger charge is 1.94. The van der Waals surface area contributed by atoms with Crippen molar-refractivity contribution >= 4 is 5.78 Å². The zero-order valence-electron chi connectivity index (χ0n) is 10.3. The maximum Gasteiger partial charge on any atom is 0.152 e. The average Bonchev–Trinajstić information content (AvgIpc) is 2.34. The van der Waals surface area contributed by atoms with Gasteiger partial charge in [0, 0.05) is 0 Å². The van der Waals surface area contributed by atoms with Gasteiger partial charge in [-0.25, -0.2) is 0 Å². The molecule has 0 aromatic heterocycles. The number of benzene rings is 1. The van der Waals surface area contributed by atoms with E-state index in [0.717, 1.165) is 17.7 Å². The minimum Gasteiger partial charge on any atom is -0.497 e. The van der Waals surface area contributed by atoms with Crippen molar-refractivity contribution in [3.63, 3.8) is 0 Å². The first-order chi connectivity index (χ1) is 8.22. The molecule has 0 saturated carbocycles. The highest BCUT2D eigenvalue weighted by Crippen LogP contribution is 2.11. The minimum atomic E-state index is 0.0696. The zero-order valence-corrected chi connectivity index (χ0v) is 10.3. The molecule has 0 bridgehead atoms. The number of methoxy groups -OCH3 is 1. The molecule has 0 atom stereocenters. The summed E-state index contributed by atoms with van der Waals surface area (Å²) in [6.45, 7) is 2.74. The van der Waals surface area contributed by atoms with Gasteiger partial charge in [0.2, 0.25) is 0 Å². The summed E-state index contributed by atoms with van der Waals surface area (Å²) < 4.78 is 10.5. The lowest BCUT2D eigenvalue weighted by molar-refractivity contribution is -0.112. The van der Waals surface area contributed by atoms with Crippen molar-refractivity contribution in [2.75, 3.05) is 13.7 Å². The van der Waals surface area contributed by atoms with E-state index in [9.17, 15) is 4.79 Å². The van der Waals surface area contributed by atoms with E-state index in [4.69, 9.17) is 9.47 Å². The molecule has 0 aliphatic carbocycles. The van der Waals surface area contributed by atoms with Gasteiger partial charge < -0.3 is 9.47 Å². The zero-order chi connectivity index (χ0) is 12.5. The number of ketones is 1. The Labute approximate surface area is 102 Å². The van der Waals surface area contributed by atoms with Crippen molar-refractivity contribution in [3.8, 4) is 5.75 Å². The van der Waals surface area contributed by atoms with Crippen molar-refractivity contribution in [3.05, 3.63) is 42.0 Å². The maximum absolute atomic E-state index is 10.6. The second-order valence-electron chi connectivity index (χ2n) is 3.70. The third kappa shape index (κ3) is 5.88. The van der Waals surface area contributed by atoms with Gasteiger partial charge in [-0.15, -0.1) is 0 Å². The third-order valence-electron chi connectivity index (χ3n) is 2.21. The third-order valence-corrected chi connectivity index (χ3v) is 2.21. The monoisotopic (exact) mass is 234 g/mol. The number of rotatable bonds is 7. The quantitative estimate of drug-likeness (QED) is 0.537. The summed E-state index contributed by atoms with van der Waals surface area (Å²) in [6, 6.07) is 7.77. The molecule has 1 aromatic carbocycles. The van der Waals surface area contributed by atoms with Crippen LogP contribution in [0.5, 0.6) is 5.75 Å². The first-order valence-electron chi connectivity index (χ1n) is 5.60. The number of ether oxygens (including phenoxy) is 2. The normalized spacial score (nSPS) is 10.7. The fraction of sp³-hybridized carbons (Fsp3) is 0.357. The van der Waals surface area contributed by atoms with Gasteiger partial charge in [0.1, 0.15) is 5.75 Å². The Balaban J connectivity index is 2.19. The van der Waals surface area contributed by atoms with Crippen LogP contribution in [0.25, 0.3) is 0 Å². The summed E-state index contributed by atoms with van der Waals surface area (Å²) in [5.41, 5.74) is 1.11. The average molecular weight is 234 g/mol. The summed E-state index contributed by atoms with van der Waals surface area (Å²) in [7, 11) is 1.65. The lowest BCUT2D eigenvalue weighted by Crippen LogP contribution is -1.94. The van der Waals surface area contributed by atoms with E-state index in [0.29, 0.717) is 13.2 Å². The minimum absolute atomic E-state index is 0.0696. The molecule has 0 amide bonds. The molecule has 0 aliphatic heterocycles. The number of hydrogen-bond donors (Lipinski definition) is 0. The summed E-state index contributed by atoms with van der Waals surface area (Å²) in [5.74, 6) is 0.915. The van der Waals surface area contributed by atoms with Crippen molar-refractivity contribution in [1.82, 2.24) is 0 Å². The lowest BCUT2D eigenvalue weighted by Gasteiger charge is -2.04. The van der Waals surface area contributed by atoms with E-state index in [1.807, 2.05) is 30.3 Å². The molecule has 17 heavy (non-hydrogen) atoms. The van der Waals surface area contributed by atoms with Gasteiger partial charge in [-0.1, -0.05) is 18.2 Å². The largest absolute Gasteiger partial charge is 0.497 e. The van der Waals surface area contributed by atoms with Crippen LogP contribution in [-0.4, -0.2) is 19.5 Å². The highest BCUT2D eigenvalue weighted by atomic mass is 16.5. The molecule has 0 saturated heterocycles. The van der Waals surface area contributed by atoms with Crippen LogP contribution in [0.1, 0.15) is 18.9 Å². The summed E-state index contributed by atoms with van der Waals surface area (Å²) in [4.78, 5) is 10.6. The Bertz CT molecular complexity index is 366. The van der Waals surface area contributed by atoms with Crippen LogP contribution in [0.15, 0.2) is 36.4 Å². The van der Waals surface area contributed by atoms with E-state index in [-0.39, 0.29) is 5.78 Å². The van der Waals surface area contributed by atoms with E-state index >= 15 is 0 Å². The fourth-order valence-electron chi connectivity index (χ4n) is 1.31. The van der Waals surface area contributed by atoms with Gasteiger partial charge in [-0.2, -0.15) is 0 Å². The summed E-state index contributed by atoms with van der Waals surface area (Å²) in [6.07, 6.45) is 4.16. The Morgan fingerprint density at radius 2 is 2.00 bits per heavy atom. The predicted molar refractivity (Wildman–Crippen MR) is 67.1 cm³/mol. The molecule has 1 aromatic rings. The highest BCUT2D eigenvalue weighted by molar-refractivity contribution is 5.87. The molecule has 3 nitrogen and oxygen atoms in total. The van der Waals surface area contributed by atoms with Gasteiger partial charge in [-0.3, -0.25) is 4.79 Å². The van der Waals surface area contributed by atoms with Crippen molar-refractivity contribution in [2.24, 2.45) is 0 Å².